The molecule has 0 saturated carbocycles. The summed E-state index contributed by atoms with van der Waals surface area (Å²) in [6.45, 7) is 2.18. The molecule has 1 amide bonds. The molecule has 10 heteroatoms. The van der Waals surface area contributed by atoms with Crippen molar-refractivity contribution in [2.75, 3.05) is 23.8 Å². The number of halogens is 3. The van der Waals surface area contributed by atoms with Crippen LogP contribution in [-0.2, 0) is 24.2 Å². The number of nitrogens with one attached hydrogen (secondary N) is 1. The Morgan fingerprint density at radius 3 is 2.57 bits per heavy atom. The number of nitrogens with zero attached hydrogens (tertiary/aromatic N) is 5. The van der Waals surface area contributed by atoms with Gasteiger partial charge in [0, 0.05) is 19.7 Å². The van der Waals surface area contributed by atoms with Crippen molar-refractivity contribution >= 4 is 17.4 Å². The van der Waals surface area contributed by atoms with E-state index in [1.54, 1.807) is 24.3 Å². The van der Waals surface area contributed by atoms with Crippen LogP contribution in [0.25, 0.3) is 0 Å². The zero-order chi connectivity index (χ0) is 21.4. The fourth-order valence-electron chi connectivity index (χ4n) is 3.38. The Labute approximate surface area is 170 Å². The standard InChI is InChI=1S/C20H19F3N6O/c1-11-19-20(28(2)10-17(30)27-19)26-16(25-11)4-3-12-7-24-29(8-12)9-13-5-14(21)18(23)15(22)6-13/h5-8H,3-4,9-10H2,1-2H3,(H,27,30). The average molecular weight is 416 g/mol. The number of amides is 1. The minimum Gasteiger partial charge on any atom is -0.349 e. The van der Waals surface area contributed by atoms with Crippen molar-refractivity contribution in [1.82, 2.24) is 19.7 Å². The normalized spacial score (nSPS) is 13.4. The molecule has 0 fully saturated rings. The lowest BCUT2D eigenvalue weighted by Gasteiger charge is -2.27. The number of fused-ring (bicyclic) bond motifs is 1. The number of carbonyl (C=O) groups is 1. The van der Waals surface area contributed by atoms with Crippen LogP contribution < -0.4 is 10.2 Å². The van der Waals surface area contributed by atoms with E-state index in [0.29, 0.717) is 35.9 Å². The second-order valence-electron chi connectivity index (χ2n) is 7.25. The number of anilines is 2. The number of rotatable bonds is 5. The summed E-state index contributed by atoms with van der Waals surface area (Å²) in [5, 5.41) is 7.00. The Morgan fingerprint density at radius 1 is 1.10 bits per heavy atom. The molecule has 2 aromatic heterocycles. The molecule has 0 bridgehead atoms. The lowest BCUT2D eigenvalue weighted by molar-refractivity contribution is -0.115. The van der Waals surface area contributed by atoms with Crippen LogP contribution in [0.3, 0.4) is 0 Å². The monoisotopic (exact) mass is 416 g/mol. The minimum absolute atomic E-state index is 0.0993. The Balaban J connectivity index is 1.44. The minimum atomic E-state index is -1.48. The van der Waals surface area contributed by atoms with Gasteiger partial charge in [-0.15, -0.1) is 0 Å². The zero-order valence-corrected chi connectivity index (χ0v) is 16.4. The van der Waals surface area contributed by atoms with Crippen LogP contribution in [0, 0.1) is 24.4 Å². The molecule has 3 heterocycles. The van der Waals surface area contributed by atoms with Gasteiger partial charge >= 0.3 is 0 Å². The molecular weight excluding hydrogens is 397 g/mol. The van der Waals surface area contributed by atoms with E-state index in [1.165, 1.54) is 4.68 Å². The zero-order valence-electron chi connectivity index (χ0n) is 16.4. The summed E-state index contributed by atoms with van der Waals surface area (Å²) in [4.78, 5) is 22.5. The first-order chi connectivity index (χ1) is 14.3. The molecule has 1 aromatic carbocycles. The molecule has 30 heavy (non-hydrogen) atoms. The van der Waals surface area contributed by atoms with Crippen LogP contribution in [0.2, 0.25) is 0 Å². The van der Waals surface area contributed by atoms with Gasteiger partial charge in [0.05, 0.1) is 25.0 Å². The van der Waals surface area contributed by atoms with E-state index in [9.17, 15) is 18.0 Å². The summed E-state index contributed by atoms with van der Waals surface area (Å²) >= 11 is 0. The van der Waals surface area contributed by atoms with Gasteiger partial charge < -0.3 is 10.2 Å². The highest BCUT2D eigenvalue weighted by Gasteiger charge is 2.23. The van der Waals surface area contributed by atoms with Crippen LogP contribution in [0.5, 0.6) is 0 Å². The molecule has 156 valence electrons. The van der Waals surface area contributed by atoms with Gasteiger partial charge in [0.15, 0.2) is 23.3 Å². The number of aromatic nitrogens is 4. The summed E-state index contributed by atoms with van der Waals surface area (Å²) in [7, 11) is 1.80. The van der Waals surface area contributed by atoms with Crippen LogP contribution in [0.1, 0.15) is 22.6 Å². The number of aryl methyl sites for hydroxylation is 3. The molecule has 1 N–H and O–H groups in total. The maximum atomic E-state index is 13.4. The van der Waals surface area contributed by atoms with Crippen LogP contribution in [0.4, 0.5) is 24.7 Å². The first-order valence-electron chi connectivity index (χ1n) is 9.33. The first kappa shape index (κ1) is 19.9. The highest BCUT2D eigenvalue weighted by molar-refractivity contribution is 6.00. The third kappa shape index (κ3) is 3.98. The van der Waals surface area contributed by atoms with Crippen LogP contribution in [-0.4, -0.2) is 39.2 Å². The van der Waals surface area contributed by atoms with E-state index in [0.717, 1.165) is 17.7 Å². The van der Waals surface area contributed by atoms with E-state index in [2.05, 4.69) is 20.4 Å². The van der Waals surface area contributed by atoms with Crippen molar-refractivity contribution in [3.05, 3.63) is 64.6 Å². The van der Waals surface area contributed by atoms with Gasteiger partial charge in [-0.25, -0.2) is 23.1 Å². The summed E-state index contributed by atoms with van der Waals surface area (Å²) < 4.78 is 41.4. The number of carbonyl (C=O) groups excluding carboxylic acids is 1. The predicted molar refractivity (Wildman–Crippen MR) is 104 cm³/mol. The summed E-state index contributed by atoms with van der Waals surface area (Å²) in [5.41, 5.74) is 2.51. The SMILES string of the molecule is Cc1nc(CCc2cnn(Cc3cc(F)c(F)c(F)c3)c2)nc2c1NC(=O)CN2C. The third-order valence-corrected chi connectivity index (χ3v) is 4.84. The first-order valence-corrected chi connectivity index (χ1v) is 9.33. The lowest BCUT2D eigenvalue weighted by Crippen LogP contribution is -2.37. The van der Waals surface area contributed by atoms with Gasteiger partial charge in [-0.1, -0.05) is 0 Å². The number of benzene rings is 1. The smallest absolute Gasteiger partial charge is 0.244 e. The number of likely N-dealkylation sites (N-methyl/N-ethyl adjacent to an activating group) is 1. The average Bonchev–Trinajstić information content (AvgIpc) is 3.12. The van der Waals surface area contributed by atoms with Crippen molar-refractivity contribution < 1.29 is 18.0 Å². The largest absolute Gasteiger partial charge is 0.349 e. The third-order valence-electron chi connectivity index (χ3n) is 4.84. The van der Waals surface area contributed by atoms with E-state index in [4.69, 9.17) is 0 Å². The maximum Gasteiger partial charge on any atom is 0.244 e. The Morgan fingerprint density at radius 2 is 1.83 bits per heavy atom. The molecule has 0 saturated heterocycles. The summed E-state index contributed by atoms with van der Waals surface area (Å²) in [5.74, 6) is -2.70. The van der Waals surface area contributed by atoms with E-state index < -0.39 is 17.5 Å². The van der Waals surface area contributed by atoms with Gasteiger partial charge in [0.2, 0.25) is 5.91 Å². The number of hydrogen-bond donors (Lipinski definition) is 1. The molecule has 7 nitrogen and oxygen atoms in total. The van der Waals surface area contributed by atoms with Crippen LogP contribution in [0.15, 0.2) is 24.5 Å². The molecule has 0 radical (unpaired) electrons. The van der Waals surface area contributed by atoms with Gasteiger partial charge in [-0.05, 0) is 36.6 Å². The van der Waals surface area contributed by atoms with Crippen molar-refractivity contribution in [3.63, 3.8) is 0 Å². The van der Waals surface area contributed by atoms with Crippen molar-refractivity contribution in [3.8, 4) is 0 Å². The fraction of sp³-hybridized carbons (Fsp3) is 0.300. The quantitative estimate of drug-likeness (QED) is 0.648. The Hall–Kier alpha value is -3.43. The predicted octanol–water partition coefficient (Wildman–Crippen LogP) is 2.62. The van der Waals surface area contributed by atoms with E-state index >= 15 is 0 Å². The van der Waals surface area contributed by atoms with Crippen LogP contribution >= 0.6 is 0 Å². The molecule has 0 spiro atoms. The highest BCUT2D eigenvalue weighted by Crippen LogP contribution is 2.28. The van der Waals surface area contributed by atoms with Gasteiger partial charge in [-0.3, -0.25) is 9.48 Å². The highest BCUT2D eigenvalue weighted by atomic mass is 19.2. The molecule has 1 aliphatic heterocycles. The van der Waals surface area contributed by atoms with Gasteiger partial charge in [0.1, 0.15) is 11.5 Å². The molecule has 0 atom stereocenters. The van der Waals surface area contributed by atoms with Gasteiger partial charge in [0.25, 0.3) is 0 Å². The second kappa shape index (κ2) is 7.77. The molecule has 1 aliphatic rings. The Bertz CT molecular complexity index is 1110. The summed E-state index contributed by atoms with van der Waals surface area (Å²) in [6, 6.07) is 1.91. The number of hydrogen-bond acceptors (Lipinski definition) is 5. The van der Waals surface area contributed by atoms with E-state index in [1.807, 2.05) is 6.92 Å². The topological polar surface area (TPSA) is 75.9 Å². The van der Waals surface area contributed by atoms with Gasteiger partial charge in [-0.2, -0.15) is 5.10 Å². The molecule has 4 rings (SSSR count). The van der Waals surface area contributed by atoms with E-state index in [-0.39, 0.29) is 24.6 Å². The molecular formula is C20H19F3N6O. The molecule has 0 aliphatic carbocycles. The second-order valence-corrected chi connectivity index (χ2v) is 7.25. The molecule has 0 unspecified atom stereocenters. The fourth-order valence-corrected chi connectivity index (χ4v) is 3.38. The van der Waals surface area contributed by atoms with Crippen molar-refractivity contribution in [2.24, 2.45) is 0 Å². The van der Waals surface area contributed by atoms with Crippen molar-refractivity contribution in [1.29, 1.82) is 0 Å². The Kier molecular flexibility index (Phi) is 5.15. The lowest BCUT2D eigenvalue weighted by atomic mass is 10.2. The van der Waals surface area contributed by atoms with Crippen molar-refractivity contribution in [2.45, 2.75) is 26.3 Å². The summed E-state index contributed by atoms with van der Waals surface area (Å²) in [6.07, 6.45) is 4.59. The molecule has 3 aromatic rings. The maximum absolute atomic E-state index is 13.4.